The monoisotopic (exact) mass is 369 g/mol. The second-order valence-corrected chi connectivity index (χ2v) is 6.09. The predicted octanol–water partition coefficient (Wildman–Crippen LogP) is 2.95. The minimum atomic E-state index is -0.650. The zero-order valence-electron chi connectivity index (χ0n) is 15.5. The van der Waals surface area contributed by atoms with E-state index in [-0.39, 0.29) is 11.3 Å². The number of carbonyl (C=O) groups is 2. The van der Waals surface area contributed by atoms with E-state index in [1.807, 2.05) is 13.0 Å². The first-order chi connectivity index (χ1) is 12.9. The fourth-order valence-corrected chi connectivity index (χ4v) is 2.69. The number of hydrogen-bond donors (Lipinski definition) is 1. The van der Waals surface area contributed by atoms with Gasteiger partial charge in [0.15, 0.2) is 6.61 Å². The molecule has 0 unspecified atom stereocenters. The van der Waals surface area contributed by atoms with Gasteiger partial charge in [0.1, 0.15) is 5.75 Å². The second-order valence-electron chi connectivity index (χ2n) is 6.09. The van der Waals surface area contributed by atoms with Crippen molar-refractivity contribution in [2.45, 2.75) is 20.8 Å². The van der Waals surface area contributed by atoms with E-state index in [1.54, 1.807) is 32.0 Å². The van der Waals surface area contributed by atoms with Crippen molar-refractivity contribution in [2.75, 3.05) is 19.0 Å². The Morgan fingerprint density at radius 1 is 1.19 bits per heavy atom. The lowest BCUT2D eigenvalue weighted by Crippen LogP contribution is -2.21. The van der Waals surface area contributed by atoms with Crippen LogP contribution >= 0.6 is 0 Å². The Kier molecular flexibility index (Phi) is 5.07. The van der Waals surface area contributed by atoms with E-state index >= 15 is 0 Å². The fourth-order valence-electron chi connectivity index (χ4n) is 2.69. The Bertz CT molecular complexity index is 1030. The Hall–Kier alpha value is -3.42. The molecule has 0 spiro atoms. The number of rotatable bonds is 5. The number of fused-ring (bicyclic) bond motifs is 1. The van der Waals surface area contributed by atoms with Crippen LogP contribution < -0.4 is 10.1 Å². The van der Waals surface area contributed by atoms with Gasteiger partial charge >= 0.3 is 5.97 Å². The van der Waals surface area contributed by atoms with Crippen LogP contribution in [0.15, 0.2) is 28.8 Å². The van der Waals surface area contributed by atoms with Crippen molar-refractivity contribution >= 4 is 28.7 Å². The fraction of sp³-hybridized carbons (Fsp3) is 0.263. The molecule has 8 heteroatoms. The van der Waals surface area contributed by atoms with Crippen molar-refractivity contribution in [1.29, 1.82) is 0 Å². The maximum atomic E-state index is 12.5. The summed E-state index contributed by atoms with van der Waals surface area (Å²) in [6.45, 7) is 4.89. The average Bonchev–Trinajstić information content (AvgIpc) is 3.00. The first kappa shape index (κ1) is 18.4. The summed E-state index contributed by atoms with van der Waals surface area (Å²) in [7, 11) is 1.51. The minimum absolute atomic E-state index is 0.258. The highest BCUT2D eigenvalue weighted by Gasteiger charge is 2.20. The number of esters is 1. The van der Waals surface area contributed by atoms with E-state index in [9.17, 15) is 9.59 Å². The standard InChI is InChI=1S/C19H19N3O5/c1-10-5-6-15(25-4)14(7-10)21-16(23)9-26-19(24)13-8-11(2)20-18-17(13)12(3)22-27-18/h5-8H,9H2,1-4H3,(H,21,23). The Morgan fingerprint density at radius 2 is 1.96 bits per heavy atom. The molecular weight excluding hydrogens is 350 g/mol. The summed E-state index contributed by atoms with van der Waals surface area (Å²) in [6, 6.07) is 6.97. The number of aryl methyl sites for hydroxylation is 3. The molecule has 8 nitrogen and oxygen atoms in total. The first-order valence-corrected chi connectivity index (χ1v) is 8.24. The number of ether oxygens (including phenoxy) is 2. The zero-order valence-corrected chi connectivity index (χ0v) is 15.5. The molecule has 0 radical (unpaired) electrons. The third-order valence-electron chi connectivity index (χ3n) is 3.93. The molecule has 27 heavy (non-hydrogen) atoms. The van der Waals surface area contributed by atoms with Crippen LogP contribution in [0.4, 0.5) is 5.69 Å². The van der Waals surface area contributed by atoms with E-state index in [0.29, 0.717) is 28.2 Å². The second kappa shape index (κ2) is 7.45. The highest BCUT2D eigenvalue weighted by Crippen LogP contribution is 2.25. The van der Waals surface area contributed by atoms with E-state index in [4.69, 9.17) is 14.0 Å². The average molecular weight is 369 g/mol. The van der Waals surface area contributed by atoms with Gasteiger partial charge in [0.2, 0.25) is 0 Å². The summed E-state index contributed by atoms with van der Waals surface area (Å²) < 4.78 is 15.5. The largest absolute Gasteiger partial charge is 0.495 e. The maximum absolute atomic E-state index is 12.5. The summed E-state index contributed by atoms with van der Waals surface area (Å²) >= 11 is 0. The molecular formula is C19H19N3O5. The van der Waals surface area contributed by atoms with Crippen LogP contribution in [-0.2, 0) is 9.53 Å². The van der Waals surface area contributed by atoms with Crippen molar-refractivity contribution < 1.29 is 23.6 Å². The number of nitrogens with zero attached hydrogens (tertiary/aromatic N) is 2. The number of amides is 1. The normalized spacial score (nSPS) is 10.7. The summed E-state index contributed by atoms with van der Waals surface area (Å²) in [5.74, 6) is -0.605. The molecule has 0 fully saturated rings. The van der Waals surface area contributed by atoms with Crippen LogP contribution in [0.1, 0.15) is 27.3 Å². The van der Waals surface area contributed by atoms with E-state index in [0.717, 1.165) is 5.56 Å². The van der Waals surface area contributed by atoms with Gasteiger partial charge in [-0.2, -0.15) is 0 Å². The lowest BCUT2D eigenvalue weighted by molar-refractivity contribution is -0.119. The molecule has 0 saturated heterocycles. The number of anilines is 1. The summed E-state index contributed by atoms with van der Waals surface area (Å²) in [5.41, 5.74) is 3.10. The predicted molar refractivity (Wildman–Crippen MR) is 97.9 cm³/mol. The molecule has 3 rings (SSSR count). The highest BCUT2D eigenvalue weighted by molar-refractivity contribution is 6.04. The highest BCUT2D eigenvalue weighted by atomic mass is 16.5. The molecule has 0 aliphatic heterocycles. The molecule has 1 aromatic carbocycles. The first-order valence-electron chi connectivity index (χ1n) is 8.24. The van der Waals surface area contributed by atoms with Crippen LogP contribution in [0.5, 0.6) is 5.75 Å². The van der Waals surface area contributed by atoms with E-state index in [1.165, 1.54) is 7.11 Å². The number of aromatic nitrogens is 2. The van der Waals surface area contributed by atoms with E-state index < -0.39 is 18.5 Å². The van der Waals surface area contributed by atoms with Crippen molar-refractivity contribution in [3.05, 3.63) is 46.8 Å². The number of carbonyl (C=O) groups excluding carboxylic acids is 2. The third-order valence-corrected chi connectivity index (χ3v) is 3.93. The van der Waals surface area contributed by atoms with Crippen LogP contribution in [0.3, 0.4) is 0 Å². The molecule has 0 atom stereocenters. The Labute approximate surface area is 155 Å². The Morgan fingerprint density at radius 3 is 2.70 bits per heavy atom. The summed E-state index contributed by atoms with van der Waals surface area (Å²) in [4.78, 5) is 28.8. The van der Waals surface area contributed by atoms with Gasteiger partial charge in [-0.25, -0.2) is 9.78 Å². The SMILES string of the molecule is COc1ccc(C)cc1NC(=O)COC(=O)c1cc(C)nc2onc(C)c12. The molecule has 2 aromatic heterocycles. The summed E-state index contributed by atoms with van der Waals surface area (Å²) in [5, 5.41) is 6.98. The zero-order chi connectivity index (χ0) is 19.6. The topological polar surface area (TPSA) is 104 Å². The molecule has 140 valence electrons. The summed E-state index contributed by atoms with van der Waals surface area (Å²) in [6.07, 6.45) is 0. The number of nitrogens with one attached hydrogen (secondary N) is 1. The van der Waals surface area contributed by atoms with Gasteiger partial charge in [-0.05, 0) is 44.5 Å². The molecule has 0 saturated carbocycles. The van der Waals surface area contributed by atoms with Gasteiger partial charge in [-0.1, -0.05) is 11.2 Å². The Balaban J connectivity index is 1.72. The van der Waals surface area contributed by atoms with Crippen LogP contribution in [-0.4, -0.2) is 35.7 Å². The molecule has 1 N–H and O–H groups in total. The quantitative estimate of drug-likeness (QED) is 0.690. The molecule has 1 amide bonds. The maximum Gasteiger partial charge on any atom is 0.339 e. The molecule has 0 bridgehead atoms. The number of pyridine rings is 1. The van der Waals surface area contributed by atoms with Gasteiger partial charge < -0.3 is 19.3 Å². The van der Waals surface area contributed by atoms with Crippen molar-refractivity contribution in [2.24, 2.45) is 0 Å². The number of methoxy groups -OCH3 is 1. The smallest absolute Gasteiger partial charge is 0.339 e. The minimum Gasteiger partial charge on any atom is -0.495 e. The number of hydrogen-bond acceptors (Lipinski definition) is 7. The van der Waals surface area contributed by atoms with Crippen molar-refractivity contribution in [1.82, 2.24) is 10.1 Å². The molecule has 2 heterocycles. The van der Waals surface area contributed by atoms with Crippen LogP contribution in [0.25, 0.3) is 11.1 Å². The van der Waals surface area contributed by atoms with Crippen LogP contribution in [0.2, 0.25) is 0 Å². The molecule has 3 aromatic rings. The van der Waals surface area contributed by atoms with Gasteiger partial charge in [0, 0.05) is 5.69 Å². The number of benzene rings is 1. The van der Waals surface area contributed by atoms with Crippen LogP contribution in [0, 0.1) is 20.8 Å². The van der Waals surface area contributed by atoms with Crippen molar-refractivity contribution in [3.8, 4) is 5.75 Å². The molecule has 0 aliphatic carbocycles. The lowest BCUT2D eigenvalue weighted by atomic mass is 10.1. The van der Waals surface area contributed by atoms with E-state index in [2.05, 4.69) is 15.5 Å². The molecule has 0 aliphatic rings. The third kappa shape index (κ3) is 3.89. The van der Waals surface area contributed by atoms with Crippen molar-refractivity contribution in [3.63, 3.8) is 0 Å². The van der Waals surface area contributed by atoms with Gasteiger partial charge in [-0.3, -0.25) is 4.79 Å². The lowest BCUT2D eigenvalue weighted by Gasteiger charge is -2.11. The van der Waals surface area contributed by atoms with Gasteiger partial charge in [-0.15, -0.1) is 0 Å². The van der Waals surface area contributed by atoms with Gasteiger partial charge in [0.05, 0.1) is 29.4 Å². The van der Waals surface area contributed by atoms with Gasteiger partial charge in [0.25, 0.3) is 11.6 Å².